The molecule has 3 rings (SSSR count). The highest BCUT2D eigenvalue weighted by Gasteiger charge is 2.21. The molecule has 0 aliphatic carbocycles. The zero-order valence-corrected chi connectivity index (χ0v) is 15.2. The molecule has 24 heavy (non-hydrogen) atoms. The Morgan fingerprint density at radius 1 is 1.33 bits per heavy atom. The van der Waals surface area contributed by atoms with Crippen LogP contribution in [0.2, 0.25) is 0 Å². The summed E-state index contributed by atoms with van der Waals surface area (Å²) in [4.78, 5) is 7.16. The molecule has 0 aromatic carbocycles. The highest BCUT2D eigenvalue weighted by atomic mass is 15.4. The maximum absolute atomic E-state index is 4.72. The number of piperidine rings is 1. The molecule has 2 aromatic rings. The molecule has 2 aromatic heterocycles. The van der Waals surface area contributed by atoms with E-state index in [0.29, 0.717) is 18.6 Å². The van der Waals surface area contributed by atoms with Gasteiger partial charge < -0.3 is 10.2 Å². The minimum absolute atomic E-state index is 0.334. The Bertz CT molecular complexity index is 678. The van der Waals surface area contributed by atoms with Crippen molar-refractivity contribution in [2.45, 2.75) is 65.6 Å². The summed E-state index contributed by atoms with van der Waals surface area (Å²) < 4.78 is 1.88. The van der Waals surface area contributed by atoms with Crippen LogP contribution in [0.1, 0.15) is 57.3 Å². The Balaban J connectivity index is 1.65. The molecule has 0 bridgehead atoms. The number of nitrogens with one attached hydrogen (secondary N) is 1. The third kappa shape index (κ3) is 3.68. The number of anilines is 2. The fourth-order valence-electron chi connectivity index (χ4n) is 3.22. The molecule has 1 atom stereocenters. The van der Waals surface area contributed by atoms with Crippen molar-refractivity contribution in [2.75, 3.05) is 16.8 Å². The van der Waals surface area contributed by atoms with Crippen molar-refractivity contribution in [3.63, 3.8) is 0 Å². The van der Waals surface area contributed by atoms with Crippen LogP contribution in [-0.4, -0.2) is 32.6 Å². The van der Waals surface area contributed by atoms with Crippen LogP contribution in [0.25, 0.3) is 0 Å². The number of aryl methyl sites for hydroxylation is 1. The van der Waals surface area contributed by atoms with Crippen LogP contribution in [0.5, 0.6) is 0 Å². The highest BCUT2D eigenvalue weighted by molar-refractivity contribution is 5.55. The van der Waals surface area contributed by atoms with Gasteiger partial charge in [-0.15, -0.1) is 5.10 Å². The zero-order valence-electron chi connectivity index (χ0n) is 15.2. The molecule has 1 aliphatic heterocycles. The van der Waals surface area contributed by atoms with Crippen LogP contribution < -0.4 is 10.2 Å². The van der Waals surface area contributed by atoms with E-state index in [9.17, 15) is 0 Å². The third-order valence-corrected chi connectivity index (χ3v) is 4.69. The molecule has 6 nitrogen and oxygen atoms in total. The Hall–Kier alpha value is -2.11. The molecular formula is C18H28N6. The topological polar surface area (TPSA) is 58.9 Å². The van der Waals surface area contributed by atoms with Gasteiger partial charge in [0.05, 0.1) is 24.6 Å². The number of aromatic nitrogens is 4. The van der Waals surface area contributed by atoms with E-state index in [0.717, 1.165) is 23.7 Å². The molecule has 3 heterocycles. The second-order valence-electron chi connectivity index (χ2n) is 7.04. The van der Waals surface area contributed by atoms with Gasteiger partial charge in [-0.2, -0.15) is 0 Å². The first kappa shape index (κ1) is 16.7. The number of hydrogen-bond acceptors (Lipinski definition) is 5. The second kappa shape index (κ2) is 7.20. The van der Waals surface area contributed by atoms with Crippen LogP contribution in [0.3, 0.4) is 0 Å². The van der Waals surface area contributed by atoms with E-state index in [-0.39, 0.29) is 0 Å². The first-order valence-corrected chi connectivity index (χ1v) is 8.92. The van der Waals surface area contributed by atoms with Gasteiger partial charge >= 0.3 is 0 Å². The molecule has 130 valence electrons. The van der Waals surface area contributed by atoms with E-state index < -0.39 is 0 Å². The average molecular weight is 328 g/mol. The van der Waals surface area contributed by atoms with Crippen molar-refractivity contribution in [1.82, 2.24) is 20.0 Å². The fraction of sp³-hybridized carbons (Fsp3) is 0.611. The van der Waals surface area contributed by atoms with Gasteiger partial charge in [0.2, 0.25) is 0 Å². The van der Waals surface area contributed by atoms with Gasteiger partial charge in [0, 0.05) is 18.6 Å². The lowest BCUT2D eigenvalue weighted by Gasteiger charge is -2.35. The quantitative estimate of drug-likeness (QED) is 0.909. The first-order chi connectivity index (χ1) is 11.5. The van der Waals surface area contributed by atoms with E-state index in [1.165, 1.54) is 24.8 Å². The summed E-state index contributed by atoms with van der Waals surface area (Å²) in [5.41, 5.74) is 3.19. The van der Waals surface area contributed by atoms with Gasteiger partial charge in [0.1, 0.15) is 11.5 Å². The molecule has 1 unspecified atom stereocenters. The Morgan fingerprint density at radius 3 is 2.83 bits per heavy atom. The summed E-state index contributed by atoms with van der Waals surface area (Å²) in [6.45, 7) is 10.4. The summed E-state index contributed by atoms with van der Waals surface area (Å²) >= 11 is 0. The molecule has 1 saturated heterocycles. The van der Waals surface area contributed by atoms with Crippen LogP contribution >= 0.6 is 0 Å². The van der Waals surface area contributed by atoms with Gasteiger partial charge in [-0.25, -0.2) is 9.67 Å². The largest absolute Gasteiger partial charge is 0.378 e. The van der Waals surface area contributed by atoms with Crippen LogP contribution in [-0.2, 0) is 6.54 Å². The molecule has 1 aliphatic rings. The number of rotatable bonds is 5. The first-order valence-electron chi connectivity index (χ1n) is 8.92. The van der Waals surface area contributed by atoms with Gasteiger partial charge in [-0.3, -0.25) is 0 Å². The minimum atomic E-state index is 0.334. The molecule has 0 saturated carbocycles. The van der Waals surface area contributed by atoms with Crippen molar-refractivity contribution >= 4 is 11.5 Å². The van der Waals surface area contributed by atoms with Crippen molar-refractivity contribution in [3.8, 4) is 0 Å². The lowest BCUT2D eigenvalue weighted by Crippen LogP contribution is -2.38. The van der Waals surface area contributed by atoms with E-state index in [1.54, 1.807) is 0 Å². The predicted octanol–water partition coefficient (Wildman–Crippen LogP) is 3.55. The van der Waals surface area contributed by atoms with E-state index in [4.69, 9.17) is 4.98 Å². The summed E-state index contributed by atoms with van der Waals surface area (Å²) in [6, 6.07) is 3.09. The fourth-order valence-corrected chi connectivity index (χ4v) is 3.22. The lowest BCUT2D eigenvalue weighted by atomic mass is 10.0. The van der Waals surface area contributed by atoms with Gasteiger partial charge in [-0.1, -0.05) is 5.21 Å². The zero-order chi connectivity index (χ0) is 17.1. The van der Waals surface area contributed by atoms with Gasteiger partial charge in [0.25, 0.3) is 0 Å². The van der Waals surface area contributed by atoms with Crippen molar-refractivity contribution < 1.29 is 0 Å². The Kier molecular flexibility index (Phi) is 5.02. The molecular weight excluding hydrogens is 300 g/mol. The maximum atomic E-state index is 4.72. The lowest BCUT2D eigenvalue weighted by molar-refractivity contribution is 0.480. The van der Waals surface area contributed by atoms with Crippen molar-refractivity contribution in [2.24, 2.45) is 0 Å². The summed E-state index contributed by atoms with van der Waals surface area (Å²) in [6.07, 6.45) is 7.76. The number of pyridine rings is 1. The number of hydrogen-bond donors (Lipinski definition) is 1. The summed E-state index contributed by atoms with van der Waals surface area (Å²) in [5.74, 6) is 1.12. The standard InChI is InChI=1S/C18H28N6/c1-13(2)24-12-17(21-22-24)11-19-16-9-14(3)18(20-10-16)23-8-6-5-7-15(23)4/h9-10,12-13,15,19H,5-8,11H2,1-4H3. The van der Waals surface area contributed by atoms with Crippen LogP contribution in [0.15, 0.2) is 18.5 Å². The second-order valence-corrected chi connectivity index (χ2v) is 7.04. The predicted molar refractivity (Wildman–Crippen MR) is 97.4 cm³/mol. The summed E-state index contributed by atoms with van der Waals surface area (Å²) in [5, 5.41) is 11.7. The monoisotopic (exact) mass is 328 g/mol. The highest BCUT2D eigenvalue weighted by Crippen LogP contribution is 2.27. The molecule has 0 amide bonds. The summed E-state index contributed by atoms with van der Waals surface area (Å²) in [7, 11) is 0. The van der Waals surface area contributed by atoms with Crippen molar-refractivity contribution in [1.29, 1.82) is 0 Å². The smallest absolute Gasteiger partial charge is 0.131 e. The van der Waals surface area contributed by atoms with Crippen LogP contribution in [0, 0.1) is 6.92 Å². The van der Waals surface area contributed by atoms with Crippen LogP contribution in [0.4, 0.5) is 11.5 Å². The molecule has 1 fully saturated rings. The molecule has 1 N–H and O–H groups in total. The van der Waals surface area contributed by atoms with E-state index in [2.05, 4.69) is 54.3 Å². The maximum Gasteiger partial charge on any atom is 0.131 e. The van der Waals surface area contributed by atoms with Gasteiger partial charge in [0.15, 0.2) is 0 Å². The van der Waals surface area contributed by atoms with Crippen molar-refractivity contribution in [3.05, 3.63) is 29.7 Å². The Morgan fingerprint density at radius 2 is 2.17 bits per heavy atom. The minimum Gasteiger partial charge on any atom is -0.378 e. The normalized spacial score (nSPS) is 18.2. The number of nitrogens with zero attached hydrogens (tertiary/aromatic N) is 5. The molecule has 6 heteroatoms. The van der Waals surface area contributed by atoms with E-state index >= 15 is 0 Å². The average Bonchev–Trinajstić information content (AvgIpc) is 3.03. The molecule has 0 spiro atoms. The van der Waals surface area contributed by atoms with E-state index in [1.807, 2.05) is 17.1 Å². The Labute approximate surface area is 144 Å². The SMILES string of the molecule is Cc1cc(NCc2cn(C(C)C)nn2)cnc1N1CCCCC1C. The third-order valence-electron chi connectivity index (χ3n) is 4.69. The molecule has 0 radical (unpaired) electrons. The van der Waals surface area contributed by atoms with Gasteiger partial charge in [-0.05, 0) is 58.6 Å².